The summed E-state index contributed by atoms with van der Waals surface area (Å²) in [5.74, 6) is -5.10. The van der Waals surface area contributed by atoms with Crippen molar-refractivity contribution in [2.75, 3.05) is 19.8 Å². The number of rotatable bonds is 20. The summed E-state index contributed by atoms with van der Waals surface area (Å²) in [5.41, 5.74) is -0.858. The van der Waals surface area contributed by atoms with Gasteiger partial charge in [0.05, 0.1) is 18.8 Å². The monoisotopic (exact) mass is 1360 g/mol. The number of ether oxygens (including phenoxy) is 12. The van der Waals surface area contributed by atoms with Gasteiger partial charge in [-0.15, -0.1) is 0 Å². The van der Waals surface area contributed by atoms with Gasteiger partial charge in [-0.2, -0.15) is 0 Å². The zero-order valence-electron chi connectivity index (χ0n) is 50.6. The van der Waals surface area contributed by atoms with E-state index in [4.69, 9.17) is 61.3 Å². The standard InChI is InChI=1S/C63H72O33/c1-24-41(71)46(76)50(80)59(86-24)88-32-19-33(68)40-34(20-32)89-55(28-9-15-31(67)16-10-28)56(45(40)75)94-63-58(96-62-53(83)49(79)44(74)37(92-62)23-85-39(70)18-8-27-5-13-30(66)14-6-27)57(54(25(2)87-63)93-60-51(81)47(77)42(72)35(21-64)90-60)95-61-52(82)48(78)43(73)36(91-61)22-84-38(69)17-7-26-3-11-29(65)12-4-26/h3-20,24-25,35-37,41-44,46-54,57-68,71-74,76-83H,21-23H2,1-2H3. The van der Waals surface area contributed by atoms with Crippen LogP contribution in [0.2, 0.25) is 0 Å². The number of phenolic OH excluding ortho intramolecular Hbond substituents is 4. The van der Waals surface area contributed by atoms with E-state index in [0.717, 1.165) is 24.3 Å². The van der Waals surface area contributed by atoms with Gasteiger partial charge >= 0.3 is 11.9 Å². The third kappa shape index (κ3) is 15.7. The highest BCUT2D eigenvalue weighted by Gasteiger charge is 2.58. The van der Waals surface area contributed by atoms with E-state index in [1.54, 1.807) is 0 Å². The molecule has 17 N–H and O–H groups in total. The summed E-state index contributed by atoms with van der Waals surface area (Å²) in [5, 5.41) is 185. The number of fused-ring (bicyclic) bond motifs is 1. The van der Waals surface area contributed by atoms with Crippen LogP contribution in [-0.4, -0.2) is 272 Å². The summed E-state index contributed by atoms with van der Waals surface area (Å²) in [6, 6.07) is 18.1. The molecular formula is C63H72O33. The Hall–Kier alpha value is -7.53. The van der Waals surface area contributed by atoms with E-state index in [1.165, 1.54) is 98.8 Å². The van der Waals surface area contributed by atoms with Crippen LogP contribution in [0.15, 0.2) is 106 Å². The van der Waals surface area contributed by atoms with E-state index in [0.29, 0.717) is 11.1 Å². The number of aromatic hydroxyl groups is 4. The first-order chi connectivity index (χ1) is 45.7. The molecule has 0 bridgehead atoms. The number of aliphatic hydroxyl groups is 13. The predicted octanol–water partition coefficient (Wildman–Crippen LogP) is -3.30. The molecule has 6 heterocycles. The molecule has 0 radical (unpaired) electrons. The molecule has 5 aliphatic rings. The first-order valence-electron chi connectivity index (χ1n) is 30.0. The van der Waals surface area contributed by atoms with Crippen molar-refractivity contribution in [2.24, 2.45) is 0 Å². The lowest BCUT2D eigenvalue weighted by Crippen LogP contribution is -2.68. The van der Waals surface area contributed by atoms with Crippen LogP contribution < -0.4 is 14.9 Å². The number of phenols is 4. The fourth-order valence-electron chi connectivity index (χ4n) is 11.1. The van der Waals surface area contributed by atoms with Gasteiger partial charge in [-0.3, -0.25) is 4.79 Å². The van der Waals surface area contributed by atoms with Crippen molar-refractivity contribution >= 4 is 35.1 Å². The molecule has 0 spiro atoms. The zero-order chi connectivity index (χ0) is 69.1. The van der Waals surface area contributed by atoms with E-state index in [9.17, 15) is 96.4 Å². The zero-order valence-corrected chi connectivity index (χ0v) is 50.6. The van der Waals surface area contributed by atoms with Crippen LogP contribution in [0.4, 0.5) is 0 Å². The first kappa shape index (κ1) is 71.2. The third-order valence-corrected chi connectivity index (χ3v) is 16.5. The molecule has 33 heteroatoms. The Labute approximate surface area is 542 Å². The van der Waals surface area contributed by atoms with E-state index in [1.807, 2.05) is 0 Å². The van der Waals surface area contributed by atoms with Gasteiger partial charge in [-0.05, 0) is 85.7 Å². The van der Waals surface area contributed by atoms with Gasteiger partial charge in [0.25, 0.3) is 0 Å². The number of carbonyl (C=O) groups excluding carboxylic acids is 2. The predicted molar refractivity (Wildman–Crippen MR) is 317 cm³/mol. The van der Waals surface area contributed by atoms with Gasteiger partial charge in [0.1, 0.15) is 157 Å². The molecule has 0 aliphatic carbocycles. The Morgan fingerprint density at radius 2 is 0.885 bits per heavy atom. The van der Waals surface area contributed by atoms with Gasteiger partial charge in [0.15, 0.2) is 30.7 Å². The van der Waals surface area contributed by atoms with Gasteiger partial charge in [0, 0.05) is 29.8 Å². The highest BCUT2D eigenvalue weighted by atomic mass is 16.8. The van der Waals surface area contributed by atoms with Crippen molar-refractivity contribution in [3.05, 3.63) is 118 Å². The molecule has 5 aliphatic heterocycles. The normalized spacial score (nSPS) is 35.8. The highest BCUT2D eigenvalue weighted by molar-refractivity contribution is 5.89. The van der Waals surface area contributed by atoms with E-state index < -0.39 is 219 Å². The molecule has 96 heavy (non-hydrogen) atoms. The molecule has 4 aromatic carbocycles. The highest BCUT2D eigenvalue weighted by Crippen LogP contribution is 2.42. The van der Waals surface area contributed by atoms with Crippen LogP contribution >= 0.6 is 0 Å². The summed E-state index contributed by atoms with van der Waals surface area (Å²) >= 11 is 0. The largest absolute Gasteiger partial charge is 0.508 e. The van der Waals surface area contributed by atoms with Crippen LogP contribution in [0.3, 0.4) is 0 Å². The molecule has 1 aromatic heterocycles. The molecule has 5 aromatic rings. The minimum atomic E-state index is -2.34. The van der Waals surface area contributed by atoms with E-state index in [2.05, 4.69) is 0 Å². The Kier molecular flexibility index (Phi) is 22.6. The lowest BCUT2D eigenvalue weighted by molar-refractivity contribution is -0.400. The average Bonchev–Trinajstić information content (AvgIpc) is 0.763. The van der Waals surface area contributed by atoms with Crippen molar-refractivity contribution in [1.82, 2.24) is 0 Å². The van der Waals surface area contributed by atoms with Crippen LogP contribution in [0, 0.1) is 0 Å². The molecule has 0 amide bonds. The summed E-state index contributed by atoms with van der Waals surface area (Å²) in [4.78, 5) is 41.4. The Bertz CT molecular complexity index is 3570. The van der Waals surface area contributed by atoms with Crippen molar-refractivity contribution in [3.8, 4) is 45.8 Å². The maximum Gasteiger partial charge on any atom is 0.330 e. The molecular weight excluding hydrogens is 1280 g/mol. The van der Waals surface area contributed by atoms with Crippen LogP contribution in [-0.2, 0) is 57.0 Å². The van der Waals surface area contributed by atoms with Crippen molar-refractivity contribution in [2.45, 2.75) is 167 Å². The Balaban J connectivity index is 1.06. The molecule has 522 valence electrons. The minimum Gasteiger partial charge on any atom is -0.508 e. The SMILES string of the molecule is CC1OC(Oc2cc(O)c3c(=O)c(OC4OC(C)C(OC5OC(CO)C(O)C(O)C5O)C(OC5OC(COC(=O)C=Cc6ccc(O)cc6)C(O)C(O)C5O)C4OC4OC(COC(=O)C=Cc5ccc(O)cc5)C(O)C(O)C4O)c(-c4ccc(O)cc4)oc3c2)C(O)C(O)C1O. The topological polar surface area (TPSA) is 519 Å². The second kappa shape index (κ2) is 30.5. The van der Waals surface area contributed by atoms with Gasteiger partial charge < -0.3 is 148 Å². The molecule has 25 unspecified atom stereocenters. The fourth-order valence-corrected chi connectivity index (χ4v) is 11.1. The lowest BCUT2D eigenvalue weighted by atomic mass is 9.95. The second-order valence-corrected chi connectivity index (χ2v) is 23.2. The van der Waals surface area contributed by atoms with E-state index in [-0.39, 0.29) is 28.6 Å². The van der Waals surface area contributed by atoms with Gasteiger partial charge in [-0.25, -0.2) is 9.59 Å². The minimum absolute atomic E-state index is 0.0596. The number of esters is 2. The molecule has 5 fully saturated rings. The van der Waals surface area contributed by atoms with Crippen LogP contribution in [0.1, 0.15) is 25.0 Å². The maximum absolute atomic E-state index is 15.3. The number of hydrogen-bond acceptors (Lipinski definition) is 33. The number of benzene rings is 4. The molecule has 33 nitrogen and oxygen atoms in total. The summed E-state index contributed by atoms with van der Waals surface area (Å²) in [7, 11) is 0. The smallest absolute Gasteiger partial charge is 0.330 e. The molecule has 25 atom stereocenters. The average molecular weight is 1360 g/mol. The molecule has 0 saturated carbocycles. The third-order valence-electron chi connectivity index (χ3n) is 16.5. The van der Waals surface area contributed by atoms with Crippen molar-refractivity contribution in [1.29, 1.82) is 0 Å². The number of hydrogen-bond donors (Lipinski definition) is 17. The Morgan fingerprint density at radius 1 is 0.458 bits per heavy atom. The molecule has 10 rings (SSSR count). The number of aliphatic hydroxyl groups excluding tert-OH is 13. The Morgan fingerprint density at radius 3 is 1.39 bits per heavy atom. The second-order valence-electron chi connectivity index (χ2n) is 23.2. The van der Waals surface area contributed by atoms with Gasteiger partial charge in [0.2, 0.25) is 23.8 Å². The van der Waals surface area contributed by atoms with Crippen molar-refractivity contribution < 1.29 is 158 Å². The summed E-state index contributed by atoms with van der Waals surface area (Å²) in [6.45, 7) is -0.0978. The number of carbonyl (C=O) groups is 2. The summed E-state index contributed by atoms with van der Waals surface area (Å²) < 4.78 is 78.3. The van der Waals surface area contributed by atoms with Crippen LogP contribution in [0.25, 0.3) is 34.4 Å². The van der Waals surface area contributed by atoms with Crippen LogP contribution in [0.5, 0.6) is 34.5 Å². The maximum atomic E-state index is 15.3. The molecule has 5 saturated heterocycles. The fraction of sp³-hybridized carbons (Fsp3) is 0.476. The van der Waals surface area contributed by atoms with Crippen molar-refractivity contribution in [3.63, 3.8) is 0 Å². The van der Waals surface area contributed by atoms with E-state index >= 15 is 4.79 Å². The quantitative estimate of drug-likeness (QED) is 0.0268. The van der Waals surface area contributed by atoms with Gasteiger partial charge in [-0.1, -0.05) is 24.3 Å². The first-order valence-corrected chi connectivity index (χ1v) is 30.0. The summed E-state index contributed by atoms with van der Waals surface area (Å²) in [6.07, 6.45) is -45.1. The lowest BCUT2D eigenvalue weighted by Gasteiger charge is -2.50.